The number of rotatable bonds is 1. The molecule has 0 aliphatic heterocycles. The molecule has 11 heavy (non-hydrogen) atoms. The Labute approximate surface area is 65.6 Å². The third-order valence-electron chi connectivity index (χ3n) is 2.14. The van der Waals surface area contributed by atoms with Crippen molar-refractivity contribution >= 4 is 0 Å². The molecule has 2 heteroatoms. The molecule has 0 aromatic carbocycles. The van der Waals surface area contributed by atoms with Crippen molar-refractivity contribution in [1.82, 2.24) is 5.16 Å². The Balaban J connectivity index is 2.38. The first-order valence-electron chi connectivity index (χ1n) is 3.68. The number of hydrogen-bond donors (Lipinski definition) is 0. The molecule has 0 N–H and O–H groups in total. The van der Waals surface area contributed by atoms with E-state index in [0.29, 0.717) is 0 Å². The Morgan fingerprint density at radius 1 is 1.73 bits per heavy atom. The summed E-state index contributed by atoms with van der Waals surface area (Å²) in [4.78, 5) is 0. The molecule has 0 spiro atoms. The Morgan fingerprint density at radius 2 is 2.45 bits per heavy atom. The van der Waals surface area contributed by atoms with Crippen molar-refractivity contribution < 1.29 is 4.52 Å². The van der Waals surface area contributed by atoms with Crippen LogP contribution in [0.3, 0.4) is 0 Å². The van der Waals surface area contributed by atoms with E-state index in [-0.39, 0.29) is 5.41 Å². The summed E-state index contributed by atoms with van der Waals surface area (Å²) in [6.45, 7) is 1.88. The first-order valence-corrected chi connectivity index (χ1v) is 3.68. The van der Waals surface area contributed by atoms with Crippen molar-refractivity contribution in [1.29, 1.82) is 0 Å². The van der Waals surface area contributed by atoms with E-state index in [0.717, 1.165) is 24.3 Å². The summed E-state index contributed by atoms with van der Waals surface area (Å²) in [6.07, 6.45) is 7.48. The molecule has 0 radical (unpaired) electrons. The van der Waals surface area contributed by atoms with Gasteiger partial charge in [0.25, 0.3) is 0 Å². The SMILES string of the molecule is C#CC1(c2cc(C)on2)CC1. The normalized spacial score (nSPS) is 19.3. The smallest absolute Gasteiger partial charge is 0.133 e. The Morgan fingerprint density at radius 3 is 2.82 bits per heavy atom. The average molecular weight is 147 g/mol. The number of terminal acetylenes is 1. The summed E-state index contributed by atoms with van der Waals surface area (Å²) in [5.74, 6) is 3.59. The van der Waals surface area contributed by atoms with E-state index in [9.17, 15) is 0 Å². The summed E-state index contributed by atoms with van der Waals surface area (Å²) in [7, 11) is 0. The molecule has 1 aromatic rings. The van der Waals surface area contributed by atoms with E-state index in [4.69, 9.17) is 10.9 Å². The van der Waals surface area contributed by atoms with Gasteiger partial charge in [0.15, 0.2) is 0 Å². The van der Waals surface area contributed by atoms with Crippen LogP contribution in [-0.2, 0) is 5.41 Å². The minimum Gasteiger partial charge on any atom is -0.361 e. The Hall–Kier alpha value is -1.23. The molecule has 1 aliphatic rings. The molecular weight excluding hydrogens is 138 g/mol. The summed E-state index contributed by atoms with van der Waals surface area (Å²) >= 11 is 0. The Kier molecular flexibility index (Phi) is 1.11. The zero-order chi connectivity index (χ0) is 7.90. The van der Waals surface area contributed by atoms with Crippen LogP contribution >= 0.6 is 0 Å². The van der Waals surface area contributed by atoms with Gasteiger partial charge in [0.05, 0.1) is 5.41 Å². The second kappa shape index (κ2) is 1.88. The molecule has 1 fully saturated rings. The van der Waals surface area contributed by atoms with Gasteiger partial charge < -0.3 is 4.52 Å². The van der Waals surface area contributed by atoms with E-state index in [1.54, 1.807) is 0 Å². The third kappa shape index (κ3) is 0.848. The molecule has 2 rings (SSSR count). The fraction of sp³-hybridized carbons (Fsp3) is 0.444. The topological polar surface area (TPSA) is 26.0 Å². The van der Waals surface area contributed by atoms with Gasteiger partial charge in [0.1, 0.15) is 11.5 Å². The fourth-order valence-corrected chi connectivity index (χ4v) is 1.19. The van der Waals surface area contributed by atoms with Crippen LogP contribution in [0.15, 0.2) is 10.6 Å². The van der Waals surface area contributed by atoms with Crippen LogP contribution in [0.25, 0.3) is 0 Å². The molecule has 0 atom stereocenters. The van der Waals surface area contributed by atoms with Crippen LogP contribution in [0.5, 0.6) is 0 Å². The molecule has 56 valence electrons. The lowest BCUT2D eigenvalue weighted by molar-refractivity contribution is 0.388. The molecule has 1 aliphatic carbocycles. The van der Waals surface area contributed by atoms with E-state index in [1.165, 1.54) is 0 Å². The number of nitrogens with zero attached hydrogens (tertiary/aromatic N) is 1. The molecule has 2 nitrogen and oxygen atoms in total. The first kappa shape index (κ1) is 6.48. The van der Waals surface area contributed by atoms with Gasteiger partial charge in [0.2, 0.25) is 0 Å². The van der Waals surface area contributed by atoms with Gasteiger partial charge in [-0.15, -0.1) is 6.42 Å². The van der Waals surface area contributed by atoms with Crippen molar-refractivity contribution in [2.24, 2.45) is 0 Å². The first-order chi connectivity index (χ1) is 5.27. The molecule has 0 unspecified atom stereocenters. The van der Waals surface area contributed by atoms with Crippen molar-refractivity contribution in [2.75, 3.05) is 0 Å². The monoisotopic (exact) mass is 147 g/mol. The number of aromatic nitrogens is 1. The highest BCUT2D eigenvalue weighted by Gasteiger charge is 2.45. The number of aryl methyl sites for hydroxylation is 1. The van der Waals surface area contributed by atoms with Crippen LogP contribution in [0, 0.1) is 19.3 Å². The second-order valence-electron chi connectivity index (χ2n) is 3.05. The third-order valence-corrected chi connectivity index (χ3v) is 2.14. The van der Waals surface area contributed by atoms with E-state index in [2.05, 4.69) is 11.1 Å². The van der Waals surface area contributed by atoms with Crippen molar-refractivity contribution in [2.45, 2.75) is 25.2 Å². The van der Waals surface area contributed by atoms with Crippen molar-refractivity contribution in [3.63, 3.8) is 0 Å². The largest absolute Gasteiger partial charge is 0.361 e. The molecule has 1 heterocycles. The van der Waals surface area contributed by atoms with Gasteiger partial charge in [-0.2, -0.15) is 0 Å². The zero-order valence-electron chi connectivity index (χ0n) is 6.42. The summed E-state index contributed by atoms with van der Waals surface area (Å²) < 4.78 is 4.95. The second-order valence-corrected chi connectivity index (χ2v) is 3.05. The zero-order valence-corrected chi connectivity index (χ0v) is 6.42. The quantitative estimate of drug-likeness (QED) is 0.564. The van der Waals surface area contributed by atoms with Crippen molar-refractivity contribution in [3.8, 4) is 12.3 Å². The highest BCUT2D eigenvalue weighted by atomic mass is 16.5. The van der Waals surface area contributed by atoms with E-state index >= 15 is 0 Å². The predicted molar refractivity (Wildman–Crippen MR) is 41.0 cm³/mol. The molecule has 0 saturated heterocycles. The van der Waals surface area contributed by atoms with Crippen LogP contribution in [0.2, 0.25) is 0 Å². The van der Waals surface area contributed by atoms with Crippen LogP contribution in [0.4, 0.5) is 0 Å². The summed E-state index contributed by atoms with van der Waals surface area (Å²) in [5, 5.41) is 3.90. The van der Waals surface area contributed by atoms with Crippen LogP contribution < -0.4 is 0 Å². The standard InChI is InChI=1S/C9H9NO/c1-3-9(4-5-9)8-6-7(2)11-10-8/h1,6H,4-5H2,2H3. The molecule has 0 amide bonds. The lowest BCUT2D eigenvalue weighted by Gasteiger charge is -1.97. The van der Waals surface area contributed by atoms with E-state index < -0.39 is 0 Å². The lowest BCUT2D eigenvalue weighted by atomic mass is 10.0. The van der Waals surface area contributed by atoms with Crippen molar-refractivity contribution in [3.05, 3.63) is 17.5 Å². The van der Waals surface area contributed by atoms with Gasteiger partial charge in [-0.05, 0) is 19.8 Å². The predicted octanol–water partition coefficient (Wildman–Crippen LogP) is 1.65. The fourth-order valence-electron chi connectivity index (χ4n) is 1.19. The van der Waals surface area contributed by atoms with Crippen LogP contribution in [-0.4, -0.2) is 5.16 Å². The molecule has 1 aromatic heterocycles. The molecular formula is C9H9NO. The van der Waals surface area contributed by atoms with Gasteiger partial charge in [0, 0.05) is 6.07 Å². The van der Waals surface area contributed by atoms with Gasteiger partial charge in [-0.1, -0.05) is 11.1 Å². The maximum atomic E-state index is 5.38. The highest BCUT2D eigenvalue weighted by molar-refractivity contribution is 5.35. The number of hydrogen-bond acceptors (Lipinski definition) is 2. The van der Waals surface area contributed by atoms with Crippen LogP contribution in [0.1, 0.15) is 24.3 Å². The average Bonchev–Trinajstić information content (AvgIpc) is 2.70. The van der Waals surface area contributed by atoms with Gasteiger partial charge in [-0.3, -0.25) is 0 Å². The summed E-state index contributed by atoms with van der Waals surface area (Å²) in [6, 6.07) is 1.92. The van der Waals surface area contributed by atoms with E-state index in [1.807, 2.05) is 13.0 Å². The van der Waals surface area contributed by atoms with Gasteiger partial charge in [-0.25, -0.2) is 0 Å². The van der Waals surface area contributed by atoms with Gasteiger partial charge >= 0.3 is 0 Å². The summed E-state index contributed by atoms with van der Waals surface area (Å²) in [5.41, 5.74) is 0.857. The highest BCUT2D eigenvalue weighted by Crippen LogP contribution is 2.46. The maximum absolute atomic E-state index is 5.38. The molecule has 1 saturated carbocycles. The Bertz CT molecular complexity index is 315. The minimum atomic E-state index is -0.0717. The minimum absolute atomic E-state index is 0.0717. The lowest BCUT2D eigenvalue weighted by Crippen LogP contribution is -2.01. The molecule has 0 bridgehead atoms. The maximum Gasteiger partial charge on any atom is 0.133 e.